The number of piperidine rings is 1. The molecule has 1 fully saturated rings. The van der Waals surface area contributed by atoms with E-state index in [0.717, 1.165) is 13.0 Å². The first kappa shape index (κ1) is 11.0. The minimum atomic E-state index is 0.289. The number of likely N-dealkylation sites (tertiary alicyclic amines) is 1. The number of ether oxygens (including phenoxy) is 1. The molecule has 0 aromatic carbocycles. The Morgan fingerprint density at radius 2 is 2.08 bits per heavy atom. The zero-order chi connectivity index (χ0) is 10.1. The minimum Gasteiger partial charge on any atom is -0.378 e. The van der Waals surface area contributed by atoms with E-state index in [0.29, 0.717) is 12.1 Å². The Morgan fingerprint density at radius 1 is 1.46 bits per heavy atom. The number of hydrogen-bond donors (Lipinski definition) is 0. The van der Waals surface area contributed by atoms with Gasteiger partial charge in [0.1, 0.15) is 0 Å². The molecule has 2 nitrogen and oxygen atoms in total. The van der Waals surface area contributed by atoms with E-state index in [2.05, 4.69) is 39.6 Å². The van der Waals surface area contributed by atoms with Crippen LogP contribution in [0.4, 0.5) is 0 Å². The lowest BCUT2D eigenvalue weighted by atomic mass is 9.85. The molecule has 0 bridgehead atoms. The smallest absolute Gasteiger partial charge is 0.0607 e. The second-order valence-electron chi connectivity index (χ2n) is 4.79. The Hall–Kier alpha value is -0.0800. The highest BCUT2D eigenvalue weighted by Gasteiger charge is 2.36. The van der Waals surface area contributed by atoms with Gasteiger partial charge in [-0.2, -0.15) is 0 Å². The monoisotopic (exact) mass is 185 g/mol. The average molecular weight is 185 g/mol. The molecule has 0 N–H and O–H groups in total. The molecular weight excluding hydrogens is 162 g/mol. The molecule has 0 aromatic heterocycles. The molecule has 0 aliphatic carbocycles. The third kappa shape index (κ3) is 2.44. The quantitative estimate of drug-likeness (QED) is 0.654. The third-order valence-corrected chi connectivity index (χ3v) is 3.35. The van der Waals surface area contributed by atoms with Gasteiger partial charge in [0.05, 0.1) is 6.10 Å². The molecule has 0 spiro atoms. The number of rotatable bonds is 2. The standard InChI is InChI=1S/C11H23NO/c1-6-13-10-7-9(2)12(5)11(3,4)8-10/h9-10H,6-8H2,1-5H3/t9-,10-/m1/s1. The fourth-order valence-electron chi connectivity index (χ4n) is 2.28. The molecular formula is C11H23NO. The molecule has 0 saturated carbocycles. The molecule has 78 valence electrons. The predicted molar refractivity (Wildman–Crippen MR) is 56.0 cm³/mol. The summed E-state index contributed by atoms with van der Waals surface area (Å²) in [6.07, 6.45) is 2.79. The Bertz CT molecular complexity index is 167. The van der Waals surface area contributed by atoms with Crippen molar-refractivity contribution >= 4 is 0 Å². The lowest BCUT2D eigenvalue weighted by Gasteiger charge is -2.47. The van der Waals surface area contributed by atoms with Crippen LogP contribution in [0.3, 0.4) is 0 Å². The van der Waals surface area contributed by atoms with Gasteiger partial charge < -0.3 is 4.74 Å². The van der Waals surface area contributed by atoms with E-state index in [1.165, 1.54) is 6.42 Å². The summed E-state index contributed by atoms with van der Waals surface area (Å²) in [5, 5.41) is 0. The summed E-state index contributed by atoms with van der Waals surface area (Å²) in [5.74, 6) is 0. The lowest BCUT2D eigenvalue weighted by molar-refractivity contribution is -0.0536. The van der Waals surface area contributed by atoms with E-state index in [-0.39, 0.29) is 5.54 Å². The average Bonchev–Trinajstić information content (AvgIpc) is 2.00. The maximum Gasteiger partial charge on any atom is 0.0607 e. The van der Waals surface area contributed by atoms with Crippen LogP contribution in [0.1, 0.15) is 40.5 Å². The van der Waals surface area contributed by atoms with Crippen LogP contribution in [-0.2, 0) is 4.74 Å². The van der Waals surface area contributed by atoms with Crippen LogP contribution < -0.4 is 0 Å². The number of nitrogens with zero attached hydrogens (tertiary/aromatic N) is 1. The predicted octanol–water partition coefficient (Wildman–Crippen LogP) is 2.28. The Kier molecular flexibility index (Phi) is 3.36. The van der Waals surface area contributed by atoms with Gasteiger partial charge >= 0.3 is 0 Å². The van der Waals surface area contributed by atoms with Crippen LogP contribution >= 0.6 is 0 Å². The second kappa shape index (κ2) is 3.97. The lowest BCUT2D eigenvalue weighted by Crippen LogP contribution is -2.54. The van der Waals surface area contributed by atoms with Crippen molar-refractivity contribution in [1.29, 1.82) is 0 Å². The first-order chi connectivity index (χ1) is 5.97. The molecule has 1 aliphatic rings. The summed E-state index contributed by atoms with van der Waals surface area (Å²) in [4.78, 5) is 2.46. The summed E-state index contributed by atoms with van der Waals surface area (Å²) in [5.41, 5.74) is 0.289. The highest BCUT2D eigenvalue weighted by molar-refractivity contribution is 4.92. The number of hydrogen-bond acceptors (Lipinski definition) is 2. The molecule has 1 aliphatic heterocycles. The van der Waals surface area contributed by atoms with Crippen LogP contribution in [0.15, 0.2) is 0 Å². The maximum absolute atomic E-state index is 5.71. The van der Waals surface area contributed by atoms with Gasteiger partial charge in [0, 0.05) is 18.2 Å². The highest BCUT2D eigenvalue weighted by atomic mass is 16.5. The zero-order valence-electron chi connectivity index (χ0n) is 9.63. The fourth-order valence-corrected chi connectivity index (χ4v) is 2.28. The maximum atomic E-state index is 5.71. The zero-order valence-corrected chi connectivity index (χ0v) is 9.63. The van der Waals surface area contributed by atoms with Crippen molar-refractivity contribution in [3.05, 3.63) is 0 Å². The molecule has 0 unspecified atom stereocenters. The molecule has 0 amide bonds. The molecule has 1 rings (SSSR count). The van der Waals surface area contributed by atoms with Crippen LogP contribution in [-0.4, -0.2) is 36.2 Å². The van der Waals surface area contributed by atoms with Crippen molar-refractivity contribution in [2.75, 3.05) is 13.7 Å². The van der Waals surface area contributed by atoms with Gasteiger partial charge in [-0.1, -0.05) is 0 Å². The summed E-state index contributed by atoms with van der Waals surface area (Å²) >= 11 is 0. The van der Waals surface area contributed by atoms with Crippen molar-refractivity contribution in [2.24, 2.45) is 0 Å². The summed E-state index contributed by atoms with van der Waals surface area (Å²) < 4.78 is 5.71. The van der Waals surface area contributed by atoms with Crippen LogP contribution in [0.25, 0.3) is 0 Å². The van der Waals surface area contributed by atoms with E-state index < -0.39 is 0 Å². The van der Waals surface area contributed by atoms with E-state index in [1.54, 1.807) is 0 Å². The van der Waals surface area contributed by atoms with Gasteiger partial charge in [0.25, 0.3) is 0 Å². The normalized spacial score (nSPS) is 34.8. The van der Waals surface area contributed by atoms with Crippen LogP contribution in [0.2, 0.25) is 0 Å². The molecule has 1 saturated heterocycles. The summed E-state index contributed by atoms with van der Waals surface area (Å²) in [6.45, 7) is 9.81. The summed E-state index contributed by atoms with van der Waals surface area (Å²) in [7, 11) is 2.22. The van der Waals surface area contributed by atoms with Gasteiger partial charge in [-0.05, 0) is 47.6 Å². The fraction of sp³-hybridized carbons (Fsp3) is 1.00. The summed E-state index contributed by atoms with van der Waals surface area (Å²) in [6, 6.07) is 0.639. The molecule has 0 aromatic rings. The molecule has 0 radical (unpaired) electrons. The molecule has 1 heterocycles. The van der Waals surface area contributed by atoms with Gasteiger partial charge in [-0.15, -0.1) is 0 Å². The van der Waals surface area contributed by atoms with Gasteiger partial charge in [0.15, 0.2) is 0 Å². The second-order valence-corrected chi connectivity index (χ2v) is 4.79. The van der Waals surface area contributed by atoms with Crippen LogP contribution in [0, 0.1) is 0 Å². The van der Waals surface area contributed by atoms with Crippen LogP contribution in [0.5, 0.6) is 0 Å². The van der Waals surface area contributed by atoms with Crippen molar-refractivity contribution in [3.63, 3.8) is 0 Å². The van der Waals surface area contributed by atoms with E-state index in [1.807, 2.05) is 0 Å². The van der Waals surface area contributed by atoms with Crippen molar-refractivity contribution < 1.29 is 4.74 Å². The van der Waals surface area contributed by atoms with Gasteiger partial charge in [-0.25, -0.2) is 0 Å². The highest BCUT2D eigenvalue weighted by Crippen LogP contribution is 2.31. The van der Waals surface area contributed by atoms with Gasteiger partial charge in [-0.3, -0.25) is 4.90 Å². The van der Waals surface area contributed by atoms with E-state index >= 15 is 0 Å². The third-order valence-electron chi connectivity index (χ3n) is 3.35. The van der Waals surface area contributed by atoms with E-state index in [4.69, 9.17) is 4.74 Å². The SMILES string of the molecule is CCO[C@@H]1C[C@@H](C)N(C)C(C)(C)C1. The molecule has 13 heavy (non-hydrogen) atoms. The largest absolute Gasteiger partial charge is 0.378 e. The molecule has 2 atom stereocenters. The first-order valence-corrected chi connectivity index (χ1v) is 5.32. The Labute approximate surface area is 82.3 Å². The Morgan fingerprint density at radius 3 is 2.54 bits per heavy atom. The van der Waals surface area contributed by atoms with Crippen molar-refractivity contribution in [3.8, 4) is 0 Å². The topological polar surface area (TPSA) is 12.5 Å². The van der Waals surface area contributed by atoms with Crippen molar-refractivity contribution in [1.82, 2.24) is 4.90 Å². The molecule has 2 heteroatoms. The van der Waals surface area contributed by atoms with E-state index in [9.17, 15) is 0 Å². The van der Waals surface area contributed by atoms with Crippen molar-refractivity contribution in [2.45, 2.75) is 58.2 Å². The first-order valence-electron chi connectivity index (χ1n) is 5.32. The Balaban J connectivity index is 2.59. The minimum absolute atomic E-state index is 0.289. The van der Waals surface area contributed by atoms with Gasteiger partial charge in [0.2, 0.25) is 0 Å².